The molecule has 1 saturated heterocycles. The molecular formula is C23H25N7O3S. The Balaban J connectivity index is 1.60. The average Bonchev–Trinajstić information content (AvgIpc) is 2.84. The Kier molecular flexibility index (Phi) is 7.24. The smallest absolute Gasteiger partial charge is 0.258 e. The number of anilines is 2. The first-order valence-electron chi connectivity index (χ1n) is 10.6. The fraction of sp³-hybridized carbons (Fsp3) is 0.261. The van der Waals surface area contributed by atoms with E-state index in [1.807, 2.05) is 6.07 Å². The highest BCUT2D eigenvalue weighted by Crippen LogP contribution is 2.36. The molecule has 1 fully saturated rings. The standard InChI is InChI=1S/C23H25N7O3S/c1-4-15-12-17(22(33-3)28-20(15)30-10-8-29(2)9-11-30)34-23-26-18(13-19(31)27-23)25-21(32)16-6-5-7-24-14-16/h4-7,12-14H,1,8-11H2,2-3H3,(H2,25,26,27,31,32). The van der Waals surface area contributed by atoms with E-state index >= 15 is 0 Å². The third-order valence-corrected chi connectivity index (χ3v) is 6.17. The van der Waals surface area contributed by atoms with Crippen molar-refractivity contribution in [3.8, 4) is 5.88 Å². The topological polar surface area (TPSA) is 116 Å². The number of H-pyrrole nitrogens is 1. The maximum absolute atomic E-state index is 12.4. The van der Waals surface area contributed by atoms with Crippen LogP contribution in [-0.2, 0) is 0 Å². The maximum Gasteiger partial charge on any atom is 0.258 e. The number of aromatic amines is 1. The van der Waals surface area contributed by atoms with Crippen molar-refractivity contribution in [1.82, 2.24) is 24.8 Å². The van der Waals surface area contributed by atoms with E-state index in [9.17, 15) is 9.59 Å². The van der Waals surface area contributed by atoms with Crippen molar-refractivity contribution in [2.24, 2.45) is 0 Å². The summed E-state index contributed by atoms with van der Waals surface area (Å²) in [5, 5.41) is 2.92. The zero-order chi connectivity index (χ0) is 24.1. The first-order chi connectivity index (χ1) is 16.5. The Morgan fingerprint density at radius 3 is 2.74 bits per heavy atom. The van der Waals surface area contributed by atoms with Crippen molar-refractivity contribution in [1.29, 1.82) is 0 Å². The van der Waals surface area contributed by atoms with Crippen LogP contribution in [-0.4, -0.2) is 71.1 Å². The molecule has 3 aromatic rings. The van der Waals surface area contributed by atoms with Gasteiger partial charge in [-0.3, -0.25) is 14.6 Å². The molecule has 0 radical (unpaired) electrons. The van der Waals surface area contributed by atoms with Crippen LogP contribution in [0.3, 0.4) is 0 Å². The third-order valence-electron chi connectivity index (χ3n) is 5.27. The van der Waals surface area contributed by atoms with Crippen LogP contribution in [0, 0.1) is 0 Å². The normalized spacial score (nSPS) is 14.0. The second-order valence-electron chi connectivity index (χ2n) is 7.64. The number of rotatable bonds is 7. The van der Waals surface area contributed by atoms with E-state index in [1.54, 1.807) is 31.5 Å². The molecule has 0 atom stereocenters. The van der Waals surface area contributed by atoms with Gasteiger partial charge in [0.25, 0.3) is 11.5 Å². The Morgan fingerprint density at radius 2 is 2.06 bits per heavy atom. The summed E-state index contributed by atoms with van der Waals surface area (Å²) >= 11 is 1.18. The summed E-state index contributed by atoms with van der Waals surface area (Å²) in [7, 11) is 3.65. The summed E-state index contributed by atoms with van der Waals surface area (Å²) < 4.78 is 5.55. The second-order valence-corrected chi connectivity index (χ2v) is 8.67. The molecule has 1 aliphatic heterocycles. The number of ether oxygens (including phenoxy) is 1. The molecule has 0 bridgehead atoms. The summed E-state index contributed by atoms with van der Waals surface area (Å²) in [4.78, 5) is 45.5. The van der Waals surface area contributed by atoms with Crippen LogP contribution in [0.15, 0.2) is 58.1 Å². The number of carbonyl (C=O) groups excluding carboxylic acids is 1. The van der Waals surface area contributed by atoms with Gasteiger partial charge >= 0.3 is 0 Å². The minimum absolute atomic E-state index is 0.130. The van der Waals surface area contributed by atoms with Crippen molar-refractivity contribution in [2.75, 3.05) is 50.6 Å². The molecule has 0 unspecified atom stereocenters. The molecule has 3 aromatic heterocycles. The van der Waals surface area contributed by atoms with Gasteiger partial charge in [-0.1, -0.05) is 12.7 Å². The summed E-state index contributed by atoms with van der Waals surface area (Å²) in [5.74, 6) is 0.942. The quantitative estimate of drug-likeness (QED) is 0.493. The monoisotopic (exact) mass is 479 g/mol. The number of carbonyl (C=O) groups is 1. The van der Waals surface area contributed by atoms with Crippen LogP contribution in [0.25, 0.3) is 6.08 Å². The average molecular weight is 480 g/mol. The lowest BCUT2D eigenvalue weighted by Gasteiger charge is -2.34. The second kappa shape index (κ2) is 10.5. The number of nitrogens with zero attached hydrogens (tertiary/aromatic N) is 5. The Hall–Kier alpha value is -3.70. The van der Waals surface area contributed by atoms with Crippen LogP contribution < -0.4 is 20.5 Å². The Labute approximate surface area is 201 Å². The van der Waals surface area contributed by atoms with Gasteiger partial charge in [-0.25, -0.2) is 4.98 Å². The molecular weight excluding hydrogens is 454 g/mol. The number of methoxy groups -OCH3 is 1. The maximum atomic E-state index is 12.4. The van der Waals surface area contributed by atoms with Crippen LogP contribution in [0.1, 0.15) is 15.9 Å². The van der Waals surface area contributed by atoms with Gasteiger partial charge in [0.05, 0.1) is 17.6 Å². The molecule has 10 nitrogen and oxygen atoms in total. The molecule has 176 valence electrons. The molecule has 11 heteroatoms. The number of amides is 1. The highest BCUT2D eigenvalue weighted by molar-refractivity contribution is 7.99. The van der Waals surface area contributed by atoms with Crippen molar-refractivity contribution >= 4 is 35.4 Å². The molecule has 34 heavy (non-hydrogen) atoms. The summed E-state index contributed by atoms with van der Waals surface area (Å²) in [6.07, 6.45) is 4.77. The SMILES string of the molecule is C=Cc1cc(Sc2nc(NC(=O)c3cccnc3)cc(=O)[nH]2)c(OC)nc1N1CCN(C)CC1. The molecule has 1 amide bonds. The van der Waals surface area contributed by atoms with Gasteiger partial charge in [0, 0.05) is 50.2 Å². The summed E-state index contributed by atoms with van der Waals surface area (Å²) in [6, 6.07) is 6.42. The molecule has 0 spiro atoms. The number of hydrogen-bond acceptors (Lipinski definition) is 9. The first-order valence-corrected chi connectivity index (χ1v) is 11.4. The van der Waals surface area contributed by atoms with Gasteiger partial charge in [0.15, 0.2) is 5.16 Å². The van der Waals surface area contributed by atoms with E-state index in [4.69, 9.17) is 9.72 Å². The number of nitrogens with one attached hydrogen (secondary N) is 2. The van der Waals surface area contributed by atoms with E-state index < -0.39 is 11.5 Å². The number of hydrogen-bond donors (Lipinski definition) is 2. The van der Waals surface area contributed by atoms with E-state index in [-0.39, 0.29) is 11.0 Å². The van der Waals surface area contributed by atoms with Gasteiger partial charge in [-0.05, 0) is 37.0 Å². The van der Waals surface area contributed by atoms with E-state index in [1.165, 1.54) is 24.0 Å². The first kappa shape index (κ1) is 23.5. The van der Waals surface area contributed by atoms with Gasteiger partial charge in [-0.15, -0.1) is 0 Å². The van der Waals surface area contributed by atoms with Crippen LogP contribution in [0.5, 0.6) is 5.88 Å². The molecule has 0 aliphatic carbocycles. The van der Waals surface area contributed by atoms with Crippen molar-refractivity contribution < 1.29 is 9.53 Å². The number of pyridine rings is 2. The Morgan fingerprint density at radius 1 is 1.26 bits per heavy atom. The lowest BCUT2D eigenvalue weighted by atomic mass is 10.2. The van der Waals surface area contributed by atoms with Crippen LogP contribution in [0.2, 0.25) is 0 Å². The van der Waals surface area contributed by atoms with Crippen LogP contribution in [0.4, 0.5) is 11.6 Å². The minimum atomic E-state index is -0.410. The zero-order valence-corrected chi connectivity index (χ0v) is 19.8. The highest BCUT2D eigenvalue weighted by Gasteiger charge is 2.21. The minimum Gasteiger partial charge on any atom is -0.480 e. The molecule has 4 rings (SSSR count). The Bertz CT molecular complexity index is 1240. The fourth-order valence-electron chi connectivity index (χ4n) is 3.46. The van der Waals surface area contributed by atoms with Crippen LogP contribution >= 0.6 is 11.8 Å². The molecule has 0 saturated carbocycles. The zero-order valence-electron chi connectivity index (χ0n) is 18.9. The summed E-state index contributed by atoms with van der Waals surface area (Å²) in [5.41, 5.74) is 0.819. The molecule has 1 aliphatic rings. The lowest BCUT2D eigenvalue weighted by molar-refractivity contribution is 0.102. The summed E-state index contributed by atoms with van der Waals surface area (Å²) in [6.45, 7) is 7.54. The van der Waals surface area contributed by atoms with Gasteiger partial charge < -0.3 is 24.8 Å². The predicted molar refractivity (Wildman–Crippen MR) is 132 cm³/mol. The number of aromatic nitrogens is 4. The van der Waals surface area contributed by atoms with E-state index in [0.717, 1.165) is 37.6 Å². The number of piperazine rings is 1. The van der Waals surface area contributed by atoms with Crippen molar-refractivity contribution in [3.05, 3.63) is 64.7 Å². The largest absolute Gasteiger partial charge is 0.480 e. The van der Waals surface area contributed by atoms with Gasteiger partial charge in [0.2, 0.25) is 5.88 Å². The van der Waals surface area contributed by atoms with Crippen molar-refractivity contribution in [2.45, 2.75) is 10.1 Å². The van der Waals surface area contributed by atoms with E-state index in [0.29, 0.717) is 16.3 Å². The third kappa shape index (κ3) is 5.43. The fourth-order valence-corrected chi connectivity index (χ4v) is 4.37. The van der Waals surface area contributed by atoms with Gasteiger partial charge in [-0.2, -0.15) is 4.98 Å². The number of likely N-dealkylation sites (N-methyl/N-ethyl adjacent to an activating group) is 1. The van der Waals surface area contributed by atoms with Gasteiger partial charge in [0.1, 0.15) is 11.6 Å². The molecule has 4 heterocycles. The van der Waals surface area contributed by atoms with Crippen molar-refractivity contribution in [3.63, 3.8) is 0 Å². The highest BCUT2D eigenvalue weighted by atomic mass is 32.2. The molecule has 2 N–H and O–H groups in total. The van der Waals surface area contributed by atoms with E-state index in [2.05, 4.69) is 43.7 Å². The lowest BCUT2D eigenvalue weighted by Crippen LogP contribution is -2.45. The molecule has 0 aromatic carbocycles. The predicted octanol–water partition coefficient (Wildman–Crippen LogP) is 2.37.